The predicted octanol–water partition coefficient (Wildman–Crippen LogP) is 2.59. The third kappa shape index (κ3) is 10.6. The van der Waals surface area contributed by atoms with Crippen LogP contribution in [-0.4, -0.2) is 82.2 Å². The second-order valence-corrected chi connectivity index (χ2v) is 10.2. The Morgan fingerprint density at radius 1 is 1.03 bits per heavy atom. The molecule has 2 rings (SSSR count). The van der Waals surface area contributed by atoms with Crippen LogP contribution in [0.2, 0.25) is 0 Å². The molecular formula is C26H44O9. The SMILES string of the molecule is C/C(=C\C(=O)OCCCCCCCCC(=O)O)C[C@@H]1OC[C@H](C[C@H]2O[C@H]2[C@@H](C)[C@H](C)O)[C@@H](O)[C@H]1O. The van der Waals surface area contributed by atoms with E-state index in [0.717, 1.165) is 32.1 Å². The van der Waals surface area contributed by atoms with Gasteiger partial charge in [-0.25, -0.2) is 4.79 Å². The van der Waals surface area contributed by atoms with E-state index in [1.165, 1.54) is 6.08 Å². The van der Waals surface area contributed by atoms with Gasteiger partial charge >= 0.3 is 11.9 Å². The van der Waals surface area contributed by atoms with Crippen molar-refractivity contribution in [3.8, 4) is 0 Å². The van der Waals surface area contributed by atoms with Crippen LogP contribution in [-0.2, 0) is 23.8 Å². The molecule has 2 heterocycles. The summed E-state index contributed by atoms with van der Waals surface area (Å²) in [6.45, 7) is 6.07. The minimum absolute atomic E-state index is 0.0160. The zero-order valence-electron chi connectivity index (χ0n) is 21.3. The number of unbranched alkanes of at least 4 members (excludes halogenated alkanes) is 5. The van der Waals surface area contributed by atoms with Crippen molar-refractivity contribution in [1.29, 1.82) is 0 Å². The van der Waals surface area contributed by atoms with E-state index < -0.39 is 36.4 Å². The molecule has 35 heavy (non-hydrogen) atoms. The van der Waals surface area contributed by atoms with Crippen molar-refractivity contribution >= 4 is 11.9 Å². The molecule has 0 spiro atoms. The molecule has 2 aliphatic rings. The molecule has 8 atom stereocenters. The minimum atomic E-state index is -1.06. The van der Waals surface area contributed by atoms with E-state index in [1.807, 2.05) is 6.92 Å². The number of carbonyl (C=O) groups excluding carboxylic acids is 1. The fourth-order valence-corrected chi connectivity index (χ4v) is 4.59. The number of ether oxygens (including phenoxy) is 3. The average molecular weight is 501 g/mol. The van der Waals surface area contributed by atoms with Crippen molar-refractivity contribution in [3.05, 3.63) is 11.6 Å². The first kappa shape index (κ1) is 29.7. The third-order valence-corrected chi connectivity index (χ3v) is 7.09. The number of carboxylic acid groups (broad SMARTS) is 1. The van der Waals surface area contributed by atoms with Crippen LogP contribution in [0.5, 0.6) is 0 Å². The van der Waals surface area contributed by atoms with Gasteiger partial charge in [-0.05, 0) is 39.5 Å². The number of aliphatic carboxylic acids is 1. The maximum atomic E-state index is 12.1. The van der Waals surface area contributed by atoms with Crippen molar-refractivity contribution < 1.29 is 44.2 Å². The molecule has 2 saturated heterocycles. The van der Waals surface area contributed by atoms with Gasteiger partial charge in [0.2, 0.25) is 0 Å². The Kier molecular flexibility index (Phi) is 12.6. The number of rotatable bonds is 16. The Labute approximate surface area is 208 Å². The Morgan fingerprint density at radius 2 is 1.69 bits per heavy atom. The summed E-state index contributed by atoms with van der Waals surface area (Å²) in [6, 6.07) is 0. The Morgan fingerprint density at radius 3 is 2.34 bits per heavy atom. The molecule has 0 amide bonds. The van der Waals surface area contributed by atoms with Gasteiger partial charge in [-0.1, -0.05) is 38.2 Å². The van der Waals surface area contributed by atoms with Gasteiger partial charge < -0.3 is 34.6 Å². The average Bonchev–Trinajstić information content (AvgIpc) is 3.55. The molecule has 0 bridgehead atoms. The van der Waals surface area contributed by atoms with Crippen molar-refractivity contribution in [2.75, 3.05) is 13.2 Å². The predicted molar refractivity (Wildman–Crippen MR) is 129 cm³/mol. The summed E-state index contributed by atoms with van der Waals surface area (Å²) in [5, 5.41) is 39.5. The highest BCUT2D eigenvalue weighted by atomic mass is 16.6. The normalized spacial score (nSPS) is 30.5. The molecule has 0 unspecified atom stereocenters. The first-order valence-electron chi connectivity index (χ1n) is 13.0. The van der Waals surface area contributed by atoms with E-state index in [1.54, 1.807) is 13.8 Å². The number of aliphatic hydroxyl groups is 3. The lowest BCUT2D eigenvalue weighted by Crippen LogP contribution is -2.50. The van der Waals surface area contributed by atoms with Gasteiger partial charge in [0.25, 0.3) is 0 Å². The van der Waals surface area contributed by atoms with Gasteiger partial charge in [0.1, 0.15) is 6.10 Å². The summed E-state index contributed by atoms with van der Waals surface area (Å²) in [7, 11) is 0. The second-order valence-electron chi connectivity index (χ2n) is 10.2. The number of epoxide rings is 1. The van der Waals surface area contributed by atoms with Crippen molar-refractivity contribution in [1.82, 2.24) is 0 Å². The summed E-state index contributed by atoms with van der Waals surface area (Å²) in [6.07, 6.45) is 4.61. The third-order valence-electron chi connectivity index (χ3n) is 7.09. The van der Waals surface area contributed by atoms with Crippen LogP contribution in [0, 0.1) is 11.8 Å². The van der Waals surface area contributed by atoms with Crippen molar-refractivity contribution in [2.24, 2.45) is 11.8 Å². The van der Waals surface area contributed by atoms with E-state index in [2.05, 4.69) is 0 Å². The Hall–Kier alpha value is -1.52. The van der Waals surface area contributed by atoms with Gasteiger partial charge in [-0.3, -0.25) is 4.79 Å². The zero-order valence-corrected chi connectivity index (χ0v) is 21.3. The molecule has 0 aromatic rings. The number of esters is 1. The molecule has 2 fully saturated rings. The van der Waals surface area contributed by atoms with Crippen LogP contribution in [0.15, 0.2) is 11.6 Å². The van der Waals surface area contributed by atoms with Crippen molar-refractivity contribution in [3.63, 3.8) is 0 Å². The Bertz CT molecular complexity index is 692. The quantitative estimate of drug-likeness (QED) is 0.109. The molecule has 0 aromatic heterocycles. The van der Waals surface area contributed by atoms with Crippen LogP contribution in [0.4, 0.5) is 0 Å². The van der Waals surface area contributed by atoms with Crippen LogP contribution in [0.3, 0.4) is 0 Å². The van der Waals surface area contributed by atoms with E-state index in [9.17, 15) is 24.9 Å². The number of hydrogen-bond donors (Lipinski definition) is 4. The molecule has 4 N–H and O–H groups in total. The molecule has 202 valence electrons. The standard InChI is InChI=1S/C26H44O9/c1-16(13-23(30)33-11-9-7-5-4-6-8-10-22(28)29)12-20-25(32)24(31)19(15-34-20)14-21-26(35-21)17(2)18(3)27/h13,17-21,24-27,31-32H,4-12,14-15H2,1-3H3,(H,28,29)/b16-13+/t17-,18-,19-,20-,21+,24+,25-,26-/m0/s1. The highest BCUT2D eigenvalue weighted by molar-refractivity contribution is 5.82. The van der Waals surface area contributed by atoms with Gasteiger partial charge in [-0.2, -0.15) is 0 Å². The largest absolute Gasteiger partial charge is 0.481 e. The fraction of sp³-hybridized carbons (Fsp3) is 0.846. The number of aliphatic hydroxyl groups excluding tert-OH is 3. The van der Waals surface area contributed by atoms with Gasteiger partial charge in [0.15, 0.2) is 0 Å². The molecule has 0 saturated carbocycles. The smallest absolute Gasteiger partial charge is 0.330 e. The summed E-state index contributed by atoms with van der Waals surface area (Å²) >= 11 is 0. The summed E-state index contributed by atoms with van der Waals surface area (Å²) < 4.78 is 16.7. The summed E-state index contributed by atoms with van der Waals surface area (Å²) in [5.41, 5.74) is 0.708. The highest BCUT2D eigenvalue weighted by Crippen LogP contribution is 2.38. The van der Waals surface area contributed by atoms with E-state index >= 15 is 0 Å². The maximum Gasteiger partial charge on any atom is 0.330 e. The molecule has 2 aliphatic heterocycles. The lowest BCUT2D eigenvalue weighted by molar-refractivity contribution is -0.165. The zero-order chi connectivity index (χ0) is 26.0. The fourth-order valence-electron chi connectivity index (χ4n) is 4.59. The van der Waals surface area contributed by atoms with Crippen LogP contribution in [0.25, 0.3) is 0 Å². The number of carbonyl (C=O) groups is 2. The van der Waals surface area contributed by atoms with Gasteiger partial charge in [0, 0.05) is 24.3 Å². The Balaban J connectivity index is 1.62. The number of hydrogen-bond acceptors (Lipinski definition) is 8. The lowest BCUT2D eigenvalue weighted by Gasteiger charge is -2.38. The lowest BCUT2D eigenvalue weighted by atomic mass is 9.85. The summed E-state index contributed by atoms with van der Waals surface area (Å²) in [4.78, 5) is 22.5. The molecule has 0 aliphatic carbocycles. The van der Waals surface area contributed by atoms with E-state index in [4.69, 9.17) is 19.3 Å². The molecular weight excluding hydrogens is 456 g/mol. The van der Waals surface area contributed by atoms with Gasteiger partial charge in [-0.15, -0.1) is 0 Å². The molecule has 9 nitrogen and oxygen atoms in total. The van der Waals surface area contributed by atoms with Crippen LogP contribution < -0.4 is 0 Å². The van der Waals surface area contributed by atoms with Crippen LogP contribution >= 0.6 is 0 Å². The number of carboxylic acids is 1. The molecule has 9 heteroatoms. The summed E-state index contributed by atoms with van der Waals surface area (Å²) in [5.74, 6) is -1.42. The van der Waals surface area contributed by atoms with E-state index in [-0.39, 0.29) is 30.5 Å². The topological polar surface area (TPSA) is 146 Å². The van der Waals surface area contributed by atoms with Crippen LogP contribution in [0.1, 0.15) is 78.6 Å². The minimum Gasteiger partial charge on any atom is -0.481 e. The first-order chi connectivity index (χ1) is 16.6. The molecule has 0 radical (unpaired) electrons. The second kappa shape index (κ2) is 14.9. The van der Waals surface area contributed by atoms with Crippen molar-refractivity contribution in [2.45, 2.75) is 115 Å². The maximum absolute atomic E-state index is 12.1. The van der Waals surface area contributed by atoms with E-state index in [0.29, 0.717) is 38.0 Å². The highest BCUT2D eigenvalue weighted by Gasteiger charge is 2.48. The monoisotopic (exact) mass is 500 g/mol. The first-order valence-corrected chi connectivity index (χ1v) is 13.0. The van der Waals surface area contributed by atoms with Gasteiger partial charge in [0.05, 0.1) is 43.7 Å². The molecule has 0 aromatic carbocycles.